The SMILES string of the molecule is CSCCN(C)C(=O)Nc1c(Br)cccc1C(=O)O. The Morgan fingerprint density at radius 1 is 1.47 bits per heavy atom. The van der Waals surface area contributed by atoms with Gasteiger partial charge in [-0.1, -0.05) is 6.07 Å². The maximum atomic E-state index is 11.9. The molecule has 0 bridgehead atoms. The fourth-order valence-corrected chi connectivity index (χ4v) is 2.28. The van der Waals surface area contributed by atoms with Crippen LogP contribution in [0.15, 0.2) is 22.7 Å². The molecule has 19 heavy (non-hydrogen) atoms. The second-order valence-electron chi connectivity index (χ2n) is 3.81. The topological polar surface area (TPSA) is 69.6 Å². The average Bonchev–Trinajstić information content (AvgIpc) is 2.37. The van der Waals surface area contributed by atoms with Gasteiger partial charge in [0.2, 0.25) is 0 Å². The van der Waals surface area contributed by atoms with Crippen molar-refractivity contribution in [2.75, 3.05) is 30.9 Å². The minimum absolute atomic E-state index is 0.0565. The number of amides is 2. The largest absolute Gasteiger partial charge is 0.478 e. The summed E-state index contributed by atoms with van der Waals surface area (Å²) >= 11 is 4.88. The van der Waals surface area contributed by atoms with Gasteiger partial charge in [-0.25, -0.2) is 9.59 Å². The molecule has 0 aliphatic carbocycles. The summed E-state index contributed by atoms with van der Waals surface area (Å²) in [6.45, 7) is 0.597. The van der Waals surface area contributed by atoms with Crippen molar-refractivity contribution < 1.29 is 14.7 Å². The molecule has 0 heterocycles. The van der Waals surface area contributed by atoms with Crippen molar-refractivity contribution in [3.8, 4) is 0 Å². The zero-order valence-electron chi connectivity index (χ0n) is 10.6. The molecule has 0 unspecified atom stereocenters. The van der Waals surface area contributed by atoms with Crippen molar-refractivity contribution in [3.05, 3.63) is 28.2 Å². The summed E-state index contributed by atoms with van der Waals surface area (Å²) in [6.07, 6.45) is 1.96. The van der Waals surface area contributed by atoms with Crippen LogP contribution in [0, 0.1) is 0 Å². The Morgan fingerprint density at radius 3 is 2.74 bits per heavy atom. The molecule has 1 rings (SSSR count). The van der Waals surface area contributed by atoms with Crippen LogP contribution in [0.3, 0.4) is 0 Å². The maximum absolute atomic E-state index is 11.9. The molecule has 0 radical (unpaired) electrons. The molecule has 0 atom stereocenters. The van der Waals surface area contributed by atoms with Crippen LogP contribution in [0.2, 0.25) is 0 Å². The molecule has 1 aromatic rings. The van der Waals surface area contributed by atoms with Crippen molar-refractivity contribution in [2.45, 2.75) is 0 Å². The number of carboxylic acid groups (broad SMARTS) is 1. The highest BCUT2D eigenvalue weighted by atomic mass is 79.9. The molecule has 0 spiro atoms. The molecule has 0 aliphatic rings. The predicted octanol–water partition coefficient (Wildman–Crippen LogP) is 2.97. The maximum Gasteiger partial charge on any atom is 0.337 e. The first-order valence-corrected chi connectivity index (χ1v) is 7.69. The van der Waals surface area contributed by atoms with Gasteiger partial charge in [0.15, 0.2) is 0 Å². The van der Waals surface area contributed by atoms with Crippen LogP contribution in [0.4, 0.5) is 10.5 Å². The Bertz CT molecular complexity index is 482. The fraction of sp³-hybridized carbons (Fsp3) is 0.333. The van der Waals surface area contributed by atoms with Crippen molar-refractivity contribution >= 4 is 45.4 Å². The summed E-state index contributed by atoms with van der Waals surface area (Å²) < 4.78 is 0.541. The van der Waals surface area contributed by atoms with Crippen molar-refractivity contribution in [1.82, 2.24) is 4.90 Å². The van der Waals surface area contributed by atoms with E-state index in [9.17, 15) is 9.59 Å². The van der Waals surface area contributed by atoms with E-state index in [2.05, 4.69) is 21.2 Å². The van der Waals surface area contributed by atoms with Crippen molar-refractivity contribution in [2.24, 2.45) is 0 Å². The van der Waals surface area contributed by atoms with Gasteiger partial charge in [-0.3, -0.25) is 0 Å². The molecule has 1 aromatic carbocycles. The van der Waals surface area contributed by atoms with Crippen LogP contribution in [-0.2, 0) is 0 Å². The molecule has 0 aliphatic heterocycles. The standard InChI is InChI=1S/C12H15BrN2O3S/c1-15(6-7-19-2)12(18)14-10-8(11(16)17)4-3-5-9(10)13/h3-5H,6-7H2,1-2H3,(H,14,18)(H,16,17). The van der Waals surface area contributed by atoms with Gasteiger partial charge < -0.3 is 15.3 Å². The van der Waals surface area contributed by atoms with Gasteiger partial charge >= 0.3 is 12.0 Å². The number of anilines is 1. The Morgan fingerprint density at radius 2 is 2.16 bits per heavy atom. The number of halogens is 1. The van der Waals surface area contributed by atoms with E-state index in [1.165, 1.54) is 11.0 Å². The number of carbonyl (C=O) groups is 2. The Kier molecular flexibility index (Phi) is 6.17. The summed E-state index contributed by atoms with van der Waals surface area (Å²) in [7, 11) is 1.67. The predicted molar refractivity (Wildman–Crippen MR) is 81.1 cm³/mol. The monoisotopic (exact) mass is 346 g/mol. The smallest absolute Gasteiger partial charge is 0.337 e. The molecule has 5 nitrogen and oxygen atoms in total. The molecule has 2 N–H and O–H groups in total. The number of rotatable bonds is 5. The first-order valence-electron chi connectivity index (χ1n) is 5.50. The first kappa shape index (κ1) is 15.8. The molecule has 2 amide bonds. The number of benzene rings is 1. The number of hydrogen-bond donors (Lipinski definition) is 2. The second kappa shape index (κ2) is 7.40. The number of urea groups is 1. The van der Waals surface area contributed by atoms with E-state index in [1.54, 1.807) is 30.9 Å². The number of thioether (sulfide) groups is 1. The van der Waals surface area contributed by atoms with Crippen LogP contribution in [0.1, 0.15) is 10.4 Å². The zero-order valence-corrected chi connectivity index (χ0v) is 13.0. The second-order valence-corrected chi connectivity index (χ2v) is 5.65. The lowest BCUT2D eigenvalue weighted by Crippen LogP contribution is -2.33. The molecule has 0 fully saturated rings. The first-order chi connectivity index (χ1) is 8.97. The van der Waals surface area contributed by atoms with Gasteiger partial charge in [-0.2, -0.15) is 11.8 Å². The molecule has 0 saturated carbocycles. The van der Waals surface area contributed by atoms with E-state index in [-0.39, 0.29) is 17.3 Å². The molecule has 104 valence electrons. The molecule has 0 aromatic heterocycles. The minimum atomic E-state index is -1.08. The lowest BCUT2D eigenvalue weighted by atomic mass is 10.2. The third-order valence-electron chi connectivity index (χ3n) is 2.45. The summed E-state index contributed by atoms with van der Waals surface area (Å²) in [5.74, 6) is -0.255. The van der Waals surface area contributed by atoms with Gasteiger partial charge in [0.1, 0.15) is 0 Å². The van der Waals surface area contributed by atoms with Gasteiger partial charge in [0.05, 0.1) is 11.3 Å². The molecule has 7 heteroatoms. The average molecular weight is 347 g/mol. The van der Waals surface area contributed by atoms with E-state index in [0.29, 0.717) is 11.0 Å². The number of hydrogen-bond acceptors (Lipinski definition) is 3. The van der Waals surface area contributed by atoms with Crippen LogP contribution in [0.5, 0.6) is 0 Å². The minimum Gasteiger partial charge on any atom is -0.478 e. The number of carbonyl (C=O) groups excluding carboxylic acids is 1. The van der Waals surface area contributed by atoms with E-state index in [0.717, 1.165) is 5.75 Å². The van der Waals surface area contributed by atoms with Crippen LogP contribution in [0.25, 0.3) is 0 Å². The highest BCUT2D eigenvalue weighted by Crippen LogP contribution is 2.26. The van der Waals surface area contributed by atoms with Gasteiger partial charge in [-0.05, 0) is 34.3 Å². The number of nitrogens with zero attached hydrogens (tertiary/aromatic N) is 1. The third kappa shape index (κ3) is 4.43. The fourth-order valence-electron chi connectivity index (χ4n) is 1.36. The summed E-state index contributed by atoms with van der Waals surface area (Å²) in [4.78, 5) is 24.6. The number of carboxylic acids is 1. The Balaban J connectivity index is 2.87. The van der Waals surface area contributed by atoms with E-state index in [4.69, 9.17) is 5.11 Å². The summed E-state index contributed by atoms with van der Waals surface area (Å²) in [5.41, 5.74) is 0.331. The highest BCUT2D eigenvalue weighted by Gasteiger charge is 2.16. The number of aromatic carboxylic acids is 1. The Labute approximate surface area is 124 Å². The molecule has 0 saturated heterocycles. The van der Waals surface area contributed by atoms with E-state index in [1.807, 2.05) is 6.26 Å². The lowest BCUT2D eigenvalue weighted by Gasteiger charge is -2.18. The summed E-state index contributed by atoms with van der Waals surface area (Å²) in [6, 6.07) is 4.42. The van der Waals surface area contributed by atoms with Gasteiger partial charge in [-0.15, -0.1) is 0 Å². The highest BCUT2D eigenvalue weighted by molar-refractivity contribution is 9.10. The quantitative estimate of drug-likeness (QED) is 0.859. The Hall–Kier alpha value is -1.21. The van der Waals surface area contributed by atoms with Crippen LogP contribution < -0.4 is 5.32 Å². The van der Waals surface area contributed by atoms with E-state index < -0.39 is 5.97 Å². The number of nitrogens with one attached hydrogen (secondary N) is 1. The van der Waals surface area contributed by atoms with Gasteiger partial charge in [0.25, 0.3) is 0 Å². The van der Waals surface area contributed by atoms with Crippen molar-refractivity contribution in [1.29, 1.82) is 0 Å². The van der Waals surface area contributed by atoms with Crippen LogP contribution in [-0.4, -0.2) is 47.6 Å². The third-order valence-corrected chi connectivity index (χ3v) is 3.71. The summed E-state index contributed by atoms with van der Waals surface area (Å²) in [5, 5.41) is 11.7. The zero-order chi connectivity index (χ0) is 14.4. The van der Waals surface area contributed by atoms with Gasteiger partial charge in [0, 0.05) is 23.8 Å². The van der Waals surface area contributed by atoms with E-state index >= 15 is 0 Å². The van der Waals surface area contributed by atoms with Crippen molar-refractivity contribution in [3.63, 3.8) is 0 Å². The number of para-hydroxylation sites is 1. The van der Waals surface area contributed by atoms with Crippen LogP contribution >= 0.6 is 27.7 Å². The molecular weight excluding hydrogens is 332 g/mol. The lowest BCUT2D eigenvalue weighted by molar-refractivity contribution is 0.0698. The normalized spacial score (nSPS) is 10.1. The molecular formula is C12H15BrN2O3S.